The molecule has 1 rings (SSSR count). The zero-order valence-electron chi connectivity index (χ0n) is 9.54. The topological polar surface area (TPSA) is 40.5 Å². The van der Waals surface area contributed by atoms with Crippen LogP contribution in [0, 0.1) is 0 Å². The molecule has 7 heteroatoms. The largest absolute Gasteiger partial charge is 0.480 e. The number of carbonyl (C=O) groups is 1. The highest BCUT2D eigenvalue weighted by molar-refractivity contribution is 5.85. The molecule has 102 valence electrons. The minimum atomic E-state index is -4.33. The van der Waals surface area contributed by atoms with E-state index in [0.717, 1.165) is 4.90 Å². The first-order valence-corrected chi connectivity index (χ1v) is 5.43. The third-order valence-corrected chi connectivity index (χ3v) is 2.99. The van der Waals surface area contributed by atoms with E-state index in [0.29, 0.717) is 12.8 Å². The quantitative estimate of drug-likeness (QED) is 0.861. The third kappa shape index (κ3) is 4.03. The average molecular weight is 276 g/mol. The Morgan fingerprint density at radius 3 is 2.47 bits per heavy atom. The lowest BCUT2D eigenvalue weighted by Gasteiger charge is -2.39. The lowest BCUT2D eigenvalue weighted by atomic mass is 9.98. The summed E-state index contributed by atoms with van der Waals surface area (Å²) >= 11 is 0. The fourth-order valence-corrected chi connectivity index (χ4v) is 2.23. The van der Waals surface area contributed by atoms with E-state index in [1.807, 2.05) is 0 Å². The van der Waals surface area contributed by atoms with Gasteiger partial charge in [-0.1, -0.05) is 13.3 Å². The molecule has 0 aromatic rings. The summed E-state index contributed by atoms with van der Waals surface area (Å²) in [5, 5.41) is 8.90. The molecule has 2 atom stereocenters. The van der Waals surface area contributed by atoms with Crippen LogP contribution in [0.15, 0.2) is 0 Å². The van der Waals surface area contributed by atoms with E-state index < -0.39 is 24.2 Å². The number of rotatable bonds is 3. The summed E-state index contributed by atoms with van der Waals surface area (Å²) in [6.45, 7) is 1.82. The van der Waals surface area contributed by atoms with Crippen molar-refractivity contribution in [2.75, 3.05) is 6.54 Å². The summed E-state index contributed by atoms with van der Waals surface area (Å²) in [6.07, 6.45) is -2.98. The lowest BCUT2D eigenvalue weighted by Crippen LogP contribution is -2.55. The van der Waals surface area contributed by atoms with Crippen LogP contribution in [-0.2, 0) is 4.79 Å². The number of alkyl halides is 3. The van der Waals surface area contributed by atoms with Crippen molar-refractivity contribution in [2.45, 2.75) is 50.9 Å². The molecule has 0 saturated carbocycles. The molecule has 2 unspecified atom stereocenters. The highest BCUT2D eigenvalue weighted by atomic mass is 35.5. The van der Waals surface area contributed by atoms with Gasteiger partial charge in [0.15, 0.2) is 0 Å². The zero-order valence-corrected chi connectivity index (χ0v) is 10.4. The molecule has 1 aliphatic rings. The predicted octanol–water partition coefficient (Wildman–Crippen LogP) is 2.69. The molecule has 17 heavy (non-hydrogen) atoms. The molecule has 1 fully saturated rings. The van der Waals surface area contributed by atoms with Gasteiger partial charge in [0.25, 0.3) is 0 Å². The molecular formula is C10H17ClF3NO2. The standard InChI is InChI=1S/C10H16F3NO2.ClH/c1-2-7(9(15)16)14-6-4-3-5-8(14)10(11,12)13;/h7-8H,2-6H2,1H3,(H,15,16);1H. The van der Waals surface area contributed by atoms with Gasteiger partial charge in [-0.05, 0) is 25.8 Å². The van der Waals surface area contributed by atoms with E-state index >= 15 is 0 Å². The van der Waals surface area contributed by atoms with E-state index in [2.05, 4.69) is 0 Å². The first-order chi connectivity index (χ1) is 7.38. The van der Waals surface area contributed by atoms with E-state index in [1.54, 1.807) is 6.92 Å². The fourth-order valence-electron chi connectivity index (χ4n) is 2.23. The first kappa shape index (κ1) is 16.5. The van der Waals surface area contributed by atoms with Gasteiger partial charge < -0.3 is 5.11 Å². The number of hydrogen-bond donors (Lipinski definition) is 1. The Morgan fingerprint density at radius 1 is 1.47 bits per heavy atom. The van der Waals surface area contributed by atoms with Gasteiger partial charge in [0.05, 0.1) is 0 Å². The molecule has 0 aromatic carbocycles. The highest BCUT2D eigenvalue weighted by Crippen LogP contribution is 2.33. The second kappa shape index (κ2) is 6.44. The van der Waals surface area contributed by atoms with Crippen molar-refractivity contribution in [2.24, 2.45) is 0 Å². The molecule has 0 aromatic heterocycles. The van der Waals surface area contributed by atoms with Crippen molar-refractivity contribution in [3.8, 4) is 0 Å². The molecular weight excluding hydrogens is 259 g/mol. The van der Waals surface area contributed by atoms with Gasteiger partial charge in [0.1, 0.15) is 12.1 Å². The lowest BCUT2D eigenvalue weighted by molar-refractivity contribution is -0.200. The number of carboxylic acids is 1. The Morgan fingerprint density at radius 2 is 2.06 bits per heavy atom. The molecule has 1 heterocycles. The smallest absolute Gasteiger partial charge is 0.404 e. The average Bonchev–Trinajstić information content (AvgIpc) is 2.17. The van der Waals surface area contributed by atoms with Crippen LogP contribution in [0.2, 0.25) is 0 Å². The summed E-state index contributed by atoms with van der Waals surface area (Å²) in [4.78, 5) is 12.0. The fraction of sp³-hybridized carbons (Fsp3) is 0.900. The van der Waals surface area contributed by atoms with Gasteiger partial charge in [-0.25, -0.2) is 0 Å². The Balaban J connectivity index is 0.00000256. The number of hydrogen-bond acceptors (Lipinski definition) is 2. The van der Waals surface area contributed by atoms with Crippen LogP contribution in [-0.4, -0.2) is 40.8 Å². The van der Waals surface area contributed by atoms with Gasteiger partial charge in [0.2, 0.25) is 0 Å². The molecule has 0 amide bonds. The van der Waals surface area contributed by atoms with Crippen molar-refractivity contribution < 1.29 is 23.1 Å². The predicted molar refractivity (Wildman–Crippen MR) is 59.4 cm³/mol. The molecule has 1 aliphatic heterocycles. The normalized spacial score (nSPS) is 23.9. The Labute approximate surface area is 104 Å². The minimum absolute atomic E-state index is 0. The van der Waals surface area contributed by atoms with Crippen LogP contribution in [0.3, 0.4) is 0 Å². The number of likely N-dealkylation sites (tertiary alicyclic amines) is 1. The Bertz CT molecular complexity index is 260. The third-order valence-electron chi connectivity index (χ3n) is 2.99. The maximum Gasteiger partial charge on any atom is 0.404 e. The van der Waals surface area contributed by atoms with Crippen LogP contribution in [0.5, 0.6) is 0 Å². The van der Waals surface area contributed by atoms with E-state index in [9.17, 15) is 18.0 Å². The van der Waals surface area contributed by atoms with Gasteiger partial charge in [-0.2, -0.15) is 13.2 Å². The van der Waals surface area contributed by atoms with Crippen LogP contribution in [0.1, 0.15) is 32.6 Å². The number of carboxylic acid groups (broad SMARTS) is 1. The van der Waals surface area contributed by atoms with Crippen molar-refractivity contribution in [3.05, 3.63) is 0 Å². The van der Waals surface area contributed by atoms with Crippen LogP contribution in [0.25, 0.3) is 0 Å². The molecule has 1 saturated heterocycles. The Hall–Kier alpha value is -0.490. The van der Waals surface area contributed by atoms with Gasteiger partial charge in [-0.15, -0.1) is 12.4 Å². The monoisotopic (exact) mass is 275 g/mol. The summed E-state index contributed by atoms with van der Waals surface area (Å²) in [7, 11) is 0. The first-order valence-electron chi connectivity index (χ1n) is 5.43. The van der Waals surface area contributed by atoms with Crippen molar-refractivity contribution in [1.82, 2.24) is 4.90 Å². The van der Waals surface area contributed by atoms with Crippen molar-refractivity contribution in [1.29, 1.82) is 0 Å². The van der Waals surface area contributed by atoms with Gasteiger partial charge in [0, 0.05) is 0 Å². The van der Waals surface area contributed by atoms with Crippen LogP contribution < -0.4 is 0 Å². The zero-order chi connectivity index (χ0) is 12.3. The van der Waals surface area contributed by atoms with E-state index in [1.165, 1.54) is 0 Å². The van der Waals surface area contributed by atoms with Crippen molar-refractivity contribution in [3.63, 3.8) is 0 Å². The number of nitrogens with zero attached hydrogens (tertiary/aromatic N) is 1. The number of halogens is 4. The second-order valence-electron chi connectivity index (χ2n) is 4.05. The molecule has 0 bridgehead atoms. The molecule has 3 nitrogen and oxygen atoms in total. The molecule has 0 aliphatic carbocycles. The van der Waals surface area contributed by atoms with E-state index in [-0.39, 0.29) is 31.8 Å². The number of piperidine rings is 1. The van der Waals surface area contributed by atoms with Gasteiger partial charge in [-0.3, -0.25) is 9.69 Å². The summed E-state index contributed by atoms with van der Waals surface area (Å²) in [5.41, 5.74) is 0. The summed E-state index contributed by atoms with van der Waals surface area (Å²) in [6, 6.07) is -2.62. The van der Waals surface area contributed by atoms with Crippen molar-refractivity contribution >= 4 is 18.4 Å². The second-order valence-corrected chi connectivity index (χ2v) is 4.05. The highest BCUT2D eigenvalue weighted by Gasteiger charge is 2.47. The number of aliphatic carboxylic acids is 1. The Kier molecular flexibility index (Phi) is 6.26. The molecule has 0 radical (unpaired) electrons. The summed E-state index contributed by atoms with van der Waals surface area (Å²) in [5.74, 6) is -1.17. The minimum Gasteiger partial charge on any atom is -0.480 e. The molecule has 0 spiro atoms. The maximum absolute atomic E-state index is 12.7. The summed E-state index contributed by atoms with van der Waals surface area (Å²) < 4.78 is 38.2. The van der Waals surface area contributed by atoms with E-state index in [4.69, 9.17) is 5.11 Å². The SMILES string of the molecule is CCC(C(=O)O)N1CCCCC1C(F)(F)F.Cl. The van der Waals surface area contributed by atoms with Crippen LogP contribution in [0.4, 0.5) is 13.2 Å². The molecule has 1 N–H and O–H groups in total. The van der Waals surface area contributed by atoms with Gasteiger partial charge >= 0.3 is 12.1 Å². The maximum atomic E-state index is 12.7. The van der Waals surface area contributed by atoms with Crippen LogP contribution >= 0.6 is 12.4 Å².